The molecule has 0 aromatic heterocycles. The van der Waals surface area contributed by atoms with Crippen LogP contribution in [0.1, 0.15) is 101 Å². The third kappa shape index (κ3) is 7.00. The highest BCUT2D eigenvalue weighted by Crippen LogP contribution is 2.59. The average molecular weight is 785 g/mol. The molecule has 262 valence electrons. The molecule has 2 aliphatic carbocycles. The van der Waals surface area contributed by atoms with E-state index in [-0.39, 0.29) is 65.0 Å². The zero-order valence-corrected chi connectivity index (χ0v) is 31.9. The first-order valence-electron chi connectivity index (χ1n) is 15.4. The molecule has 0 N–H and O–H groups in total. The first-order valence-corrected chi connectivity index (χ1v) is 17.7. The highest BCUT2D eigenvalue weighted by Gasteiger charge is 2.53. The van der Waals surface area contributed by atoms with Crippen LogP contribution < -0.4 is 9.47 Å². The summed E-state index contributed by atoms with van der Waals surface area (Å²) >= 11 is 37.7. The van der Waals surface area contributed by atoms with Crippen molar-refractivity contribution in [2.75, 3.05) is 13.2 Å². The average Bonchev–Trinajstić information content (AvgIpc) is 3.02. The molecular formula is C34H36Cl6O8. The molecule has 2 atom stereocenters. The van der Waals surface area contributed by atoms with Gasteiger partial charge in [-0.2, -0.15) is 0 Å². The summed E-state index contributed by atoms with van der Waals surface area (Å²) in [6.07, 6.45) is 5.16. The van der Waals surface area contributed by atoms with E-state index >= 15 is 0 Å². The lowest BCUT2D eigenvalue weighted by atomic mass is 9.50. The van der Waals surface area contributed by atoms with Gasteiger partial charge < -0.3 is 18.9 Å². The lowest BCUT2D eigenvalue weighted by Crippen LogP contribution is -2.50. The Morgan fingerprint density at radius 2 is 0.917 bits per heavy atom. The smallest absolute Gasteiger partial charge is 0.423 e. The fraction of sp³-hybridized carbons (Fsp3) is 0.529. The molecule has 48 heavy (non-hydrogen) atoms. The van der Waals surface area contributed by atoms with Gasteiger partial charge in [0, 0.05) is 10.8 Å². The predicted octanol–water partition coefficient (Wildman–Crippen LogP) is 10.9. The van der Waals surface area contributed by atoms with Crippen LogP contribution in [0.4, 0.5) is 0 Å². The molecule has 0 saturated heterocycles. The van der Waals surface area contributed by atoms with Gasteiger partial charge >= 0.3 is 23.9 Å². The molecule has 0 bridgehead atoms. The predicted molar refractivity (Wildman–Crippen MR) is 186 cm³/mol. The molecule has 0 aliphatic heterocycles. The molecule has 0 heterocycles. The minimum Gasteiger partial charge on any atom is -0.461 e. The van der Waals surface area contributed by atoms with Crippen molar-refractivity contribution < 1.29 is 38.1 Å². The van der Waals surface area contributed by atoms with Gasteiger partial charge in [-0.3, -0.25) is 0 Å². The highest BCUT2D eigenvalue weighted by molar-refractivity contribution is 6.47. The zero-order chi connectivity index (χ0) is 36.0. The van der Waals surface area contributed by atoms with Gasteiger partial charge in [-0.05, 0) is 61.5 Å². The second kappa shape index (κ2) is 14.4. The van der Waals surface area contributed by atoms with Crippen LogP contribution in [0.25, 0.3) is 0 Å². The van der Waals surface area contributed by atoms with Gasteiger partial charge in [0.25, 0.3) is 0 Å². The molecule has 2 unspecified atom stereocenters. The fourth-order valence-electron chi connectivity index (χ4n) is 6.55. The zero-order valence-electron chi connectivity index (χ0n) is 27.3. The third-order valence-electron chi connectivity index (χ3n) is 10.9. The van der Waals surface area contributed by atoms with Crippen molar-refractivity contribution in [3.8, 4) is 11.5 Å². The van der Waals surface area contributed by atoms with E-state index in [1.165, 1.54) is 0 Å². The summed E-state index contributed by atoms with van der Waals surface area (Å²) in [5, 5.41) is -1.48. The van der Waals surface area contributed by atoms with Crippen molar-refractivity contribution in [1.82, 2.24) is 0 Å². The molecule has 4 rings (SSSR count). The Hall–Kier alpha value is -1.94. The largest absolute Gasteiger partial charge is 0.461 e. The van der Waals surface area contributed by atoms with Crippen LogP contribution in [0.3, 0.4) is 0 Å². The standard InChI is InChI=1S/C34H36Cl6O8/c1-7-33(11-9-31(33,3)4)15-45-27(41)21-23(39)17(35)13-19(37)25(21)47-29(43)30(44)48-26-20(38)14-18(36)24(40)22(26)28(42)46-16-34(8-2)12-10-32(34,5)6/h13-14H,7-12,15-16H2,1-6H3. The number of halogens is 6. The SMILES string of the molecule is CCC1(COC(=O)c2c(Cl)c(Cl)cc(Cl)c2OC(=O)C(=O)Oc2c(Cl)cc(Cl)c(Cl)c2C(=O)OCC2(CC)CCC2(C)C)CCC1(C)C. The normalized spacial score (nSPS) is 22.2. The molecule has 0 radical (unpaired) electrons. The van der Waals surface area contributed by atoms with E-state index in [0.29, 0.717) is 0 Å². The second-order valence-electron chi connectivity index (χ2n) is 13.7. The van der Waals surface area contributed by atoms with Crippen molar-refractivity contribution in [3.63, 3.8) is 0 Å². The lowest BCUT2D eigenvalue weighted by molar-refractivity contribution is -0.156. The molecule has 8 nitrogen and oxygen atoms in total. The van der Waals surface area contributed by atoms with Crippen molar-refractivity contribution >= 4 is 93.5 Å². The van der Waals surface area contributed by atoms with Crippen molar-refractivity contribution in [2.24, 2.45) is 21.7 Å². The number of carbonyl (C=O) groups is 4. The van der Waals surface area contributed by atoms with Gasteiger partial charge in [-0.1, -0.05) is 111 Å². The van der Waals surface area contributed by atoms with Gasteiger partial charge in [0.05, 0.1) is 43.3 Å². The Labute approximate surface area is 309 Å². The summed E-state index contributed by atoms with van der Waals surface area (Å²) in [6, 6.07) is 2.27. The number of hydrogen-bond donors (Lipinski definition) is 0. The molecule has 0 spiro atoms. The number of ether oxygens (including phenoxy) is 4. The first kappa shape index (κ1) is 38.9. The van der Waals surface area contributed by atoms with E-state index < -0.39 is 46.5 Å². The molecule has 2 aromatic rings. The summed E-state index contributed by atoms with van der Waals surface area (Å²) in [6.45, 7) is 12.5. The van der Waals surface area contributed by atoms with Crippen LogP contribution >= 0.6 is 69.6 Å². The van der Waals surface area contributed by atoms with E-state index in [0.717, 1.165) is 50.7 Å². The molecule has 2 fully saturated rings. The van der Waals surface area contributed by atoms with E-state index in [1.807, 2.05) is 13.8 Å². The van der Waals surface area contributed by atoms with Crippen molar-refractivity contribution in [1.29, 1.82) is 0 Å². The van der Waals surface area contributed by atoms with E-state index in [9.17, 15) is 19.2 Å². The van der Waals surface area contributed by atoms with Crippen LogP contribution in [0.2, 0.25) is 30.1 Å². The fourth-order valence-corrected chi connectivity index (χ4v) is 7.99. The minimum absolute atomic E-state index is 0.0663. The molecule has 2 saturated carbocycles. The van der Waals surface area contributed by atoms with Gasteiger partial charge in [0.15, 0.2) is 11.5 Å². The van der Waals surface area contributed by atoms with Crippen LogP contribution in [-0.2, 0) is 19.1 Å². The summed E-state index contributed by atoms with van der Waals surface area (Å²) in [5.41, 5.74) is -1.58. The van der Waals surface area contributed by atoms with Crippen LogP contribution in [0.15, 0.2) is 12.1 Å². The quantitative estimate of drug-likeness (QED) is 0.101. The van der Waals surface area contributed by atoms with E-state index in [1.54, 1.807) is 0 Å². The molecule has 2 aromatic carbocycles. The number of benzene rings is 2. The summed E-state index contributed by atoms with van der Waals surface area (Å²) < 4.78 is 21.8. The summed E-state index contributed by atoms with van der Waals surface area (Å²) in [5.74, 6) is -6.37. The Morgan fingerprint density at radius 3 is 1.17 bits per heavy atom. The lowest BCUT2D eigenvalue weighted by Gasteiger charge is -2.55. The maximum Gasteiger partial charge on any atom is 0.423 e. The van der Waals surface area contributed by atoms with Crippen LogP contribution in [0.5, 0.6) is 11.5 Å². The molecule has 0 amide bonds. The van der Waals surface area contributed by atoms with Gasteiger partial charge in [0.1, 0.15) is 11.1 Å². The van der Waals surface area contributed by atoms with Gasteiger partial charge in [0.2, 0.25) is 0 Å². The number of rotatable bonds is 10. The summed E-state index contributed by atoms with van der Waals surface area (Å²) in [4.78, 5) is 52.9. The van der Waals surface area contributed by atoms with Crippen molar-refractivity contribution in [3.05, 3.63) is 53.4 Å². The topological polar surface area (TPSA) is 105 Å². The summed E-state index contributed by atoms with van der Waals surface area (Å²) in [7, 11) is 0. The third-order valence-corrected chi connectivity index (χ3v) is 13.0. The van der Waals surface area contributed by atoms with E-state index in [4.69, 9.17) is 88.6 Å². The Morgan fingerprint density at radius 1 is 0.583 bits per heavy atom. The molecule has 2 aliphatic rings. The Balaban J connectivity index is 1.58. The number of carbonyl (C=O) groups excluding carboxylic acids is 4. The maximum absolute atomic E-state index is 13.4. The monoisotopic (exact) mass is 782 g/mol. The highest BCUT2D eigenvalue weighted by atomic mass is 35.5. The van der Waals surface area contributed by atoms with Gasteiger partial charge in [-0.15, -0.1) is 0 Å². The Bertz CT molecular complexity index is 1540. The molecule has 14 heteroatoms. The van der Waals surface area contributed by atoms with Crippen LogP contribution in [-0.4, -0.2) is 37.1 Å². The molecular weight excluding hydrogens is 749 g/mol. The van der Waals surface area contributed by atoms with Crippen molar-refractivity contribution in [2.45, 2.75) is 80.1 Å². The van der Waals surface area contributed by atoms with E-state index in [2.05, 4.69) is 27.7 Å². The first-order chi connectivity index (χ1) is 22.3. The number of hydrogen-bond acceptors (Lipinski definition) is 8. The minimum atomic E-state index is -1.64. The van der Waals surface area contributed by atoms with Gasteiger partial charge in [-0.25, -0.2) is 19.2 Å². The second-order valence-corrected chi connectivity index (χ2v) is 16.1. The number of esters is 4. The maximum atomic E-state index is 13.4. The van der Waals surface area contributed by atoms with Crippen LogP contribution in [0, 0.1) is 21.7 Å². The Kier molecular flexibility index (Phi) is 11.6.